The summed E-state index contributed by atoms with van der Waals surface area (Å²) < 4.78 is 13.8. The highest BCUT2D eigenvalue weighted by Gasteiger charge is 2.46. The molecule has 0 radical (unpaired) electrons. The summed E-state index contributed by atoms with van der Waals surface area (Å²) >= 11 is 2.98. The van der Waals surface area contributed by atoms with Gasteiger partial charge in [0, 0.05) is 0 Å². The summed E-state index contributed by atoms with van der Waals surface area (Å²) in [5, 5.41) is 11.2. The van der Waals surface area contributed by atoms with Gasteiger partial charge in [-0.05, 0) is 30.5 Å². The molecule has 0 heterocycles. The van der Waals surface area contributed by atoms with Crippen LogP contribution in [-0.2, 0) is 5.54 Å². The van der Waals surface area contributed by atoms with E-state index in [9.17, 15) is 14.0 Å². The van der Waals surface area contributed by atoms with E-state index in [4.69, 9.17) is 5.11 Å². The van der Waals surface area contributed by atoms with Crippen molar-refractivity contribution >= 4 is 27.8 Å². The van der Waals surface area contributed by atoms with Crippen molar-refractivity contribution in [1.82, 2.24) is 5.32 Å². The summed E-state index contributed by atoms with van der Waals surface area (Å²) in [6.07, 6.45) is 0.156. The lowest BCUT2D eigenvalue weighted by atomic mass is 10.0. The van der Waals surface area contributed by atoms with Gasteiger partial charge in [0.25, 0.3) is 0 Å². The topological polar surface area (TPSA) is 66.4 Å². The largest absolute Gasteiger partial charge is 0.465 e. The summed E-state index contributed by atoms with van der Waals surface area (Å²) in [6.45, 7) is 0. The van der Waals surface area contributed by atoms with Gasteiger partial charge in [0.1, 0.15) is 5.82 Å². The van der Waals surface area contributed by atoms with Crippen LogP contribution < -0.4 is 5.32 Å². The minimum absolute atomic E-state index is 0.0155. The van der Waals surface area contributed by atoms with Crippen LogP contribution in [0.1, 0.15) is 28.8 Å². The molecule has 0 unspecified atom stereocenters. The van der Waals surface area contributed by atoms with Crippen LogP contribution in [0.25, 0.3) is 0 Å². The highest BCUT2D eigenvalue weighted by molar-refractivity contribution is 9.09. The molecule has 0 saturated heterocycles. The molecular weight excluding hydrogens is 305 g/mol. The number of hydrogen-bond donors (Lipinski definition) is 2. The molecule has 1 fully saturated rings. The van der Waals surface area contributed by atoms with Gasteiger partial charge in [-0.1, -0.05) is 22.0 Å². The van der Waals surface area contributed by atoms with Gasteiger partial charge in [-0.2, -0.15) is 0 Å². The monoisotopic (exact) mass is 315 g/mol. The minimum Gasteiger partial charge on any atom is -0.465 e. The molecule has 6 heteroatoms. The third-order valence-electron chi connectivity index (χ3n) is 3.04. The Balaban J connectivity index is 2.29. The summed E-state index contributed by atoms with van der Waals surface area (Å²) in [6, 6.07) is 4.23. The van der Waals surface area contributed by atoms with Gasteiger partial charge in [0.05, 0.1) is 16.4 Å². The van der Waals surface area contributed by atoms with Crippen LogP contribution in [0.5, 0.6) is 0 Å². The molecule has 1 aromatic carbocycles. The fourth-order valence-corrected chi connectivity index (χ4v) is 2.23. The first kappa shape index (κ1) is 13.0. The standard InChI is InChI=1S/C12H11BrFNO3/c13-6-10(16)8-2-1-7(5-9(8)14)12(3-4-12)15-11(17)18/h1-2,5,15H,3-4,6H2,(H,17,18). The van der Waals surface area contributed by atoms with E-state index in [0.717, 1.165) is 0 Å². The molecule has 0 bridgehead atoms. The number of carbonyl (C=O) groups excluding carboxylic acids is 1. The Kier molecular flexibility index (Phi) is 3.38. The van der Waals surface area contributed by atoms with Crippen molar-refractivity contribution in [2.75, 3.05) is 5.33 Å². The second-order valence-electron chi connectivity index (χ2n) is 4.26. The number of Topliss-reactive ketones (excluding diaryl/α,β-unsaturated/α-hetero) is 1. The third-order valence-corrected chi connectivity index (χ3v) is 3.55. The molecule has 4 nitrogen and oxygen atoms in total. The molecule has 1 aromatic rings. The predicted molar refractivity (Wildman–Crippen MR) is 66.6 cm³/mol. The first-order valence-electron chi connectivity index (χ1n) is 5.39. The summed E-state index contributed by atoms with van der Waals surface area (Å²) in [5.41, 5.74) is -0.0990. The van der Waals surface area contributed by atoms with Gasteiger partial charge in [0.15, 0.2) is 5.78 Å². The van der Waals surface area contributed by atoms with Crippen LogP contribution in [0.3, 0.4) is 0 Å². The Labute approximate surface area is 111 Å². The zero-order valence-electron chi connectivity index (χ0n) is 9.37. The van der Waals surface area contributed by atoms with Gasteiger partial charge < -0.3 is 10.4 Å². The zero-order chi connectivity index (χ0) is 13.3. The van der Waals surface area contributed by atoms with E-state index in [-0.39, 0.29) is 16.7 Å². The lowest BCUT2D eigenvalue weighted by Gasteiger charge is -2.16. The van der Waals surface area contributed by atoms with Crippen molar-refractivity contribution in [2.45, 2.75) is 18.4 Å². The maximum atomic E-state index is 13.8. The van der Waals surface area contributed by atoms with Crippen LogP contribution in [0.4, 0.5) is 9.18 Å². The average Bonchev–Trinajstić information content (AvgIpc) is 3.08. The SMILES string of the molecule is O=C(O)NC1(c2ccc(C(=O)CBr)c(F)c2)CC1. The van der Waals surface area contributed by atoms with Crippen LogP contribution in [0, 0.1) is 5.82 Å². The van der Waals surface area contributed by atoms with E-state index in [2.05, 4.69) is 21.2 Å². The van der Waals surface area contributed by atoms with E-state index in [1.54, 1.807) is 6.07 Å². The van der Waals surface area contributed by atoms with Crippen molar-refractivity contribution in [3.8, 4) is 0 Å². The Bertz CT molecular complexity index is 514. The van der Waals surface area contributed by atoms with E-state index < -0.39 is 17.4 Å². The lowest BCUT2D eigenvalue weighted by molar-refractivity contribution is 0.101. The van der Waals surface area contributed by atoms with Gasteiger partial charge in [-0.25, -0.2) is 9.18 Å². The number of benzene rings is 1. The van der Waals surface area contributed by atoms with Crippen LogP contribution >= 0.6 is 15.9 Å². The van der Waals surface area contributed by atoms with Crippen LogP contribution in [0.2, 0.25) is 0 Å². The number of rotatable bonds is 4. The normalized spacial score (nSPS) is 16.1. The van der Waals surface area contributed by atoms with Crippen molar-refractivity contribution < 1.29 is 19.1 Å². The predicted octanol–water partition coefficient (Wildman–Crippen LogP) is 2.66. The number of alkyl halides is 1. The molecular formula is C12H11BrFNO3. The molecule has 0 spiro atoms. The third kappa shape index (κ3) is 2.38. The number of amides is 1. The zero-order valence-corrected chi connectivity index (χ0v) is 11.0. The van der Waals surface area contributed by atoms with Gasteiger partial charge in [0.2, 0.25) is 0 Å². The van der Waals surface area contributed by atoms with Gasteiger partial charge >= 0.3 is 6.09 Å². The van der Waals surface area contributed by atoms with Crippen LogP contribution in [0.15, 0.2) is 18.2 Å². The number of nitrogens with one attached hydrogen (secondary N) is 1. The van der Waals surface area contributed by atoms with E-state index >= 15 is 0 Å². The molecule has 0 atom stereocenters. The molecule has 0 aromatic heterocycles. The summed E-state index contributed by atoms with van der Waals surface area (Å²) in [7, 11) is 0. The molecule has 0 aliphatic heterocycles. The maximum absolute atomic E-state index is 13.8. The van der Waals surface area contributed by atoms with Gasteiger partial charge in [-0.15, -0.1) is 0 Å². The average molecular weight is 316 g/mol. The van der Waals surface area contributed by atoms with E-state index in [1.807, 2.05) is 0 Å². The van der Waals surface area contributed by atoms with Crippen molar-refractivity contribution in [3.63, 3.8) is 0 Å². The first-order valence-corrected chi connectivity index (χ1v) is 6.51. The second kappa shape index (κ2) is 4.68. The molecule has 2 rings (SSSR count). The number of ketones is 1. The highest BCUT2D eigenvalue weighted by Crippen LogP contribution is 2.45. The Morgan fingerprint density at radius 2 is 2.11 bits per heavy atom. The molecule has 1 aliphatic carbocycles. The molecule has 1 aliphatic rings. The van der Waals surface area contributed by atoms with Crippen molar-refractivity contribution in [2.24, 2.45) is 0 Å². The summed E-state index contributed by atoms with van der Waals surface area (Å²) in [4.78, 5) is 22.1. The number of hydrogen-bond acceptors (Lipinski definition) is 2. The van der Waals surface area contributed by atoms with Crippen LogP contribution in [-0.4, -0.2) is 22.3 Å². The Morgan fingerprint density at radius 1 is 1.44 bits per heavy atom. The second-order valence-corrected chi connectivity index (χ2v) is 4.82. The first-order chi connectivity index (χ1) is 8.48. The molecule has 1 amide bonds. The maximum Gasteiger partial charge on any atom is 0.405 e. The smallest absolute Gasteiger partial charge is 0.405 e. The fourth-order valence-electron chi connectivity index (χ4n) is 1.93. The van der Waals surface area contributed by atoms with E-state index in [0.29, 0.717) is 18.4 Å². The van der Waals surface area contributed by atoms with E-state index in [1.165, 1.54) is 12.1 Å². The number of carboxylic acid groups (broad SMARTS) is 1. The van der Waals surface area contributed by atoms with Crippen molar-refractivity contribution in [1.29, 1.82) is 0 Å². The molecule has 96 valence electrons. The van der Waals surface area contributed by atoms with Gasteiger partial charge in [-0.3, -0.25) is 4.79 Å². The Morgan fingerprint density at radius 3 is 2.56 bits per heavy atom. The molecule has 1 saturated carbocycles. The van der Waals surface area contributed by atoms with Crippen molar-refractivity contribution in [3.05, 3.63) is 35.1 Å². The minimum atomic E-state index is -1.13. The quantitative estimate of drug-likeness (QED) is 0.663. The lowest BCUT2D eigenvalue weighted by Crippen LogP contribution is -2.33. The highest BCUT2D eigenvalue weighted by atomic mass is 79.9. The number of carbonyl (C=O) groups is 2. The number of halogens is 2. The fraction of sp³-hybridized carbons (Fsp3) is 0.333. The Hall–Kier alpha value is -1.43. The summed E-state index contributed by atoms with van der Waals surface area (Å²) in [5.74, 6) is -0.953. The molecule has 18 heavy (non-hydrogen) atoms. The molecule has 2 N–H and O–H groups in total.